The molecule has 7 heteroatoms. The van der Waals surface area contributed by atoms with E-state index in [9.17, 15) is 14.7 Å². The molecule has 1 aromatic heterocycles. The minimum Gasteiger partial charge on any atom is -0.480 e. The van der Waals surface area contributed by atoms with Crippen LogP contribution in [0, 0.1) is 12.8 Å². The molecule has 0 unspecified atom stereocenters. The summed E-state index contributed by atoms with van der Waals surface area (Å²) in [5.41, 5.74) is -1.12. The van der Waals surface area contributed by atoms with Crippen molar-refractivity contribution in [1.29, 1.82) is 0 Å². The molecule has 1 amide bonds. The van der Waals surface area contributed by atoms with Gasteiger partial charge in [0.15, 0.2) is 5.82 Å². The van der Waals surface area contributed by atoms with Crippen molar-refractivity contribution < 1.29 is 19.2 Å². The first-order chi connectivity index (χ1) is 10.4. The Kier molecular flexibility index (Phi) is 5.15. The summed E-state index contributed by atoms with van der Waals surface area (Å²) < 4.78 is 4.95. The number of carboxylic acid groups (broad SMARTS) is 1. The zero-order valence-corrected chi connectivity index (χ0v) is 13.1. The van der Waals surface area contributed by atoms with Gasteiger partial charge >= 0.3 is 5.97 Å². The van der Waals surface area contributed by atoms with Gasteiger partial charge in [0.1, 0.15) is 5.54 Å². The van der Waals surface area contributed by atoms with Gasteiger partial charge in [-0.05, 0) is 38.5 Å². The van der Waals surface area contributed by atoms with Crippen LogP contribution in [0.25, 0.3) is 0 Å². The maximum absolute atomic E-state index is 12.1. The summed E-state index contributed by atoms with van der Waals surface area (Å²) in [6, 6.07) is 0. The molecule has 1 aliphatic rings. The summed E-state index contributed by atoms with van der Waals surface area (Å²) in [7, 11) is 0. The Bertz CT molecular complexity index is 533. The highest BCUT2D eigenvalue weighted by molar-refractivity contribution is 5.87. The largest absolute Gasteiger partial charge is 0.480 e. The van der Waals surface area contributed by atoms with Gasteiger partial charge in [-0.3, -0.25) is 4.79 Å². The average Bonchev–Trinajstić information content (AvgIpc) is 2.91. The molecule has 0 radical (unpaired) electrons. The number of hydrogen-bond acceptors (Lipinski definition) is 5. The van der Waals surface area contributed by atoms with Crippen molar-refractivity contribution in [2.24, 2.45) is 5.92 Å². The Morgan fingerprint density at radius 2 is 2.09 bits per heavy atom. The second-order valence-electron chi connectivity index (χ2n) is 6.02. The third-order valence-corrected chi connectivity index (χ3v) is 4.46. The van der Waals surface area contributed by atoms with Gasteiger partial charge in [0.05, 0.1) is 0 Å². The van der Waals surface area contributed by atoms with Crippen LogP contribution >= 0.6 is 0 Å². The monoisotopic (exact) mass is 309 g/mol. The van der Waals surface area contributed by atoms with Gasteiger partial charge in [0, 0.05) is 12.8 Å². The lowest BCUT2D eigenvalue weighted by Gasteiger charge is -2.37. The SMILES string of the molecule is CCC1CCC(NC(=O)CCc2nc(C)no2)(C(=O)O)CC1. The van der Waals surface area contributed by atoms with Gasteiger partial charge in [0.25, 0.3) is 0 Å². The molecule has 122 valence electrons. The molecule has 1 aliphatic carbocycles. The van der Waals surface area contributed by atoms with Crippen LogP contribution in [0.2, 0.25) is 0 Å². The molecule has 0 saturated heterocycles. The summed E-state index contributed by atoms with van der Waals surface area (Å²) in [6.45, 7) is 3.82. The maximum atomic E-state index is 12.1. The zero-order chi connectivity index (χ0) is 16.2. The van der Waals surface area contributed by atoms with E-state index in [2.05, 4.69) is 22.4 Å². The number of nitrogens with zero attached hydrogens (tertiary/aromatic N) is 2. The Morgan fingerprint density at radius 3 is 2.59 bits per heavy atom. The molecule has 1 heterocycles. The molecule has 0 spiro atoms. The lowest BCUT2D eigenvalue weighted by atomic mass is 9.75. The summed E-state index contributed by atoms with van der Waals surface area (Å²) >= 11 is 0. The highest BCUT2D eigenvalue weighted by Gasteiger charge is 2.42. The molecule has 1 fully saturated rings. The lowest BCUT2D eigenvalue weighted by molar-refractivity contribution is -0.149. The lowest BCUT2D eigenvalue weighted by Crippen LogP contribution is -2.56. The van der Waals surface area contributed by atoms with Gasteiger partial charge in [-0.1, -0.05) is 18.5 Å². The van der Waals surface area contributed by atoms with Crippen LogP contribution < -0.4 is 5.32 Å². The van der Waals surface area contributed by atoms with Crippen LogP contribution in [0.3, 0.4) is 0 Å². The molecule has 0 atom stereocenters. The number of nitrogens with one attached hydrogen (secondary N) is 1. The van der Waals surface area contributed by atoms with E-state index < -0.39 is 11.5 Å². The summed E-state index contributed by atoms with van der Waals surface area (Å²) in [5.74, 6) is 0.255. The number of carbonyl (C=O) groups excluding carboxylic acids is 1. The molecular formula is C15H23N3O4. The first kappa shape index (κ1) is 16.5. The predicted molar refractivity (Wildman–Crippen MR) is 78.1 cm³/mol. The quantitative estimate of drug-likeness (QED) is 0.830. The average molecular weight is 309 g/mol. The highest BCUT2D eigenvalue weighted by Crippen LogP contribution is 2.34. The Morgan fingerprint density at radius 1 is 1.41 bits per heavy atom. The fourth-order valence-electron chi connectivity index (χ4n) is 2.96. The summed E-state index contributed by atoms with van der Waals surface area (Å²) in [5, 5.41) is 15.9. The summed E-state index contributed by atoms with van der Waals surface area (Å²) in [6.07, 6.45) is 4.18. The van der Waals surface area contributed by atoms with E-state index in [-0.39, 0.29) is 12.3 Å². The number of carbonyl (C=O) groups is 2. The number of carboxylic acids is 1. The Balaban J connectivity index is 1.90. The number of aromatic nitrogens is 2. The molecule has 7 nitrogen and oxygen atoms in total. The van der Waals surface area contributed by atoms with Crippen LogP contribution in [0.1, 0.15) is 57.2 Å². The zero-order valence-electron chi connectivity index (χ0n) is 13.1. The van der Waals surface area contributed by atoms with Crippen LogP contribution in [-0.2, 0) is 16.0 Å². The van der Waals surface area contributed by atoms with Gasteiger partial charge < -0.3 is 14.9 Å². The first-order valence-corrected chi connectivity index (χ1v) is 7.79. The topological polar surface area (TPSA) is 105 Å². The van der Waals surface area contributed by atoms with Crippen LogP contribution in [0.5, 0.6) is 0 Å². The van der Waals surface area contributed by atoms with E-state index in [1.807, 2.05) is 0 Å². The second-order valence-corrected chi connectivity index (χ2v) is 6.02. The second kappa shape index (κ2) is 6.89. The minimum atomic E-state index is -1.12. The Labute approximate surface area is 129 Å². The highest BCUT2D eigenvalue weighted by atomic mass is 16.5. The summed E-state index contributed by atoms with van der Waals surface area (Å²) in [4.78, 5) is 27.7. The van der Waals surface area contributed by atoms with Gasteiger partial charge in [-0.2, -0.15) is 4.98 Å². The van der Waals surface area contributed by atoms with Crippen molar-refractivity contribution in [2.45, 2.75) is 64.3 Å². The number of rotatable bonds is 6. The number of hydrogen-bond donors (Lipinski definition) is 2. The van der Waals surface area contributed by atoms with E-state index >= 15 is 0 Å². The van der Waals surface area contributed by atoms with Crippen molar-refractivity contribution in [3.8, 4) is 0 Å². The van der Waals surface area contributed by atoms with Gasteiger partial charge in [-0.15, -0.1) is 0 Å². The molecule has 2 rings (SSSR count). The fraction of sp³-hybridized carbons (Fsp3) is 0.733. The number of amides is 1. The number of aliphatic carboxylic acids is 1. The maximum Gasteiger partial charge on any atom is 0.329 e. The van der Waals surface area contributed by atoms with Crippen molar-refractivity contribution in [2.75, 3.05) is 0 Å². The van der Waals surface area contributed by atoms with E-state index in [0.29, 0.717) is 36.9 Å². The third-order valence-electron chi connectivity index (χ3n) is 4.46. The van der Waals surface area contributed by atoms with Gasteiger partial charge in [0.2, 0.25) is 11.8 Å². The van der Waals surface area contributed by atoms with E-state index in [1.54, 1.807) is 6.92 Å². The van der Waals surface area contributed by atoms with Crippen LogP contribution in [0.15, 0.2) is 4.52 Å². The van der Waals surface area contributed by atoms with Crippen molar-refractivity contribution in [3.05, 3.63) is 11.7 Å². The predicted octanol–water partition coefficient (Wildman–Crippen LogP) is 1.85. The van der Waals surface area contributed by atoms with Crippen LogP contribution in [-0.4, -0.2) is 32.7 Å². The molecule has 1 saturated carbocycles. The van der Waals surface area contributed by atoms with Gasteiger partial charge in [-0.25, -0.2) is 4.79 Å². The van der Waals surface area contributed by atoms with E-state index in [1.165, 1.54) is 0 Å². The Hall–Kier alpha value is -1.92. The fourth-order valence-corrected chi connectivity index (χ4v) is 2.96. The number of aryl methyl sites for hydroxylation is 2. The van der Waals surface area contributed by atoms with Crippen LogP contribution in [0.4, 0.5) is 0 Å². The molecule has 0 aromatic carbocycles. The minimum absolute atomic E-state index is 0.147. The molecular weight excluding hydrogens is 286 g/mol. The smallest absolute Gasteiger partial charge is 0.329 e. The van der Waals surface area contributed by atoms with E-state index in [4.69, 9.17) is 4.52 Å². The molecule has 1 aromatic rings. The molecule has 22 heavy (non-hydrogen) atoms. The molecule has 2 N–H and O–H groups in total. The normalized spacial score (nSPS) is 24.9. The first-order valence-electron chi connectivity index (χ1n) is 7.79. The van der Waals surface area contributed by atoms with E-state index in [0.717, 1.165) is 19.3 Å². The van der Waals surface area contributed by atoms with Crippen molar-refractivity contribution in [1.82, 2.24) is 15.5 Å². The van der Waals surface area contributed by atoms with Crippen molar-refractivity contribution in [3.63, 3.8) is 0 Å². The molecule has 0 bridgehead atoms. The molecule has 0 aliphatic heterocycles. The standard InChI is InChI=1S/C15H23N3O4/c1-3-11-6-8-15(9-7-11,14(20)21)17-12(19)4-5-13-16-10(2)18-22-13/h11H,3-9H2,1-2H3,(H,17,19)(H,20,21). The third kappa shape index (κ3) is 3.84. The van der Waals surface area contributed by atoms with Crippen molar-refractivity contribution >= 4 is 11.9 Å².